The van der Waals surface area contributed by atoms with Gasteiger partial charge in [-0.15, -0.1) is 0 Å². The molecular weight excluding hydrogens is 425 g/mol. The third-order valence-corrected chi connectivity index (χ3v) is 5.18. The normalized spacial score (nSPS) is 14.8. The Morgan fingerprint density at radius 3 is 1.77 bits per heavy atom. The van der Waals surface area contributed by atoms with Gasteiger partial charge in [0.15, 0.2) is 0 Å². The molecule has 2 rings (SSSR count). The van der Waals surface area contributed by atoms with Gasteiger partial charge in [-0.1, -0.05) is 18.2 Å². The van der Waals surface area contributed by atoms with Crippen molar-refractivity contribution in [2.24, 2.45) is 23.2 Å². The van der Waals surface area contributed by atoms with Gasteiger partial charge >= 0.3 is 18.2 Å². The summed E-state index contributed by atoms with van der Waals surface area (Å²) in [6.07, 6.45) is -4.85. The lowest BCUT2D eigenvalue weighted by atomic mass is 9.83. The van der Waals surface area contributed by atoms with Gasteiger partial charge in [0.1, 0.15) is 10.1 Å². The first kappa shape index (κ1) is 22.6. The van der Waals surface area contributed by atoms with Crippen LogP contribution in [0.3, 0.4) is 0 Å². The number of benzene rings is 1. The van der Waals surface area contributed by atoms with E-state index in [0.29, 0.717) is 21.8 Å². The van der Waals surface area contributed by atoms with Crippen molar-refractivity contribution in [3.63, 3.8) is 0 Å². The molecule has 30 heavy (non-hydrogen) atoms. The minimum Gasteiger partial charge on any atom is -0.350 e. The van der Waals surface area contributed by atoms with Crippen molar-refractivity contribution < 1.29 is 22.8 Å². The number of allylic oxidation sites excluding steroid dienone is 2. The molecule has 10 nitrogen and oxygen atoms in total. The van der Waals surface area contributed by atoms with E-state index < -0.39 is 56.5 Å². The summed E-state index contributed by atoms with van der Waals surface area (Å²) in [5, 5.41) is 19.1. The Hall–Kier alpha value is -3.72. The summed E-state index contributed by atoms with van der Waals surface area (Å²) >= 11 is 0.415. The number of hydrazine groups is 2. The summed E-state index contributed by atoms with van der Waals surface area (Å²) < 4.78 is 40.8. The Balaban J connectivity index is 2.94. The highest BCUT2D eigenvalue weighted by atomic mass is 32.2. The molecule has 1 aliphatic rings. The highest BCUT2D eigenvalue weighted by molar-refractivity contribution is 8.06. The quantitative estimate of drug-likeness (QED) is 0.312. The van der Waals surface area contributed by atoms with E-state index in [0.717, 1.165) is 18.2 Å². The fourth-order valence-electron chi connectivity index (χ4n) is 2.69. The molecule has 0 fully saturated rings. The van der Waals surface area contributed by atoms with Crippen LogP contribution >= 0.6 is 11.8 Å². The lowest BCUT2D eigenvalue weighted by molar-refractivity contribution is -0.138. The number of primary amides is 2. The second-order valence-corrected chi connectivity index (χ2v) is 6.68. The number of carbonyl (C=O) groups excluding carboxylic acids is 2. The molecule has 0 aliphatic carbocycles. The number of alkyl halides is 3. The van der Waals surface area contributed by atoms with Crippen LogP contribution in [-0.2, 0) is 6.18 Å². The van der Waals surface area contributed by atoms with Gasteiger partial charge in [-0.25, -0.2) is 31.3 Å². The van der Waals surface area contributed by atoms with Gasteiger partial charge in [0.2, 0.25) is 0 Å². The van der Waals surface area contributed by atoms with Crippen molar-refractivity contribution in [1.29, 1.82) is 10.5 Å². The van der Waals surface area contributed by atoms with E-state index in [4.69, 9.17) is 23.2 Å². The van der Waals surface area contributed by atoms with Crippen LogP contribution in [0.15, 0.2) is 45.5 Å². The predicted octanol–water partition coefficient (Wildman–Crippen LogP) is 1.51. The molecule has 0 atom stereocenters. The highest BCUT2D eigenvalue weighted by Gasteiger charge is 2.42. The lowest BCUT2D eigenvalue weighted by Crippen LogP contribution is -2.44. The molecule has 0 saturated carbocycles. The number of amides is 4. The maximum atomic E-state index is 13.6. The van der Waals surface area contributed by atoms with Gasteiger partial charge in [0, 0.05) is 0 Å². The van der Waals surface area contributed by atoms with Crippen LogP contribution in [0.1, 0.15) is 17.0 Å². The lowest BCUT2D eigenvalue weighted by Gasteiger charge is -2.32. The molecule has 1 aromatic carbocycles. The maximum absolute atomic E-state index is 13.6. The molecule has 156 valence electrons. The number of carbonyl (C=O) groups is 2. The Labute approximate surface area is 171 Å². The Morgan fingerprint density at radius 1 is 0.967 bits per heavy atom. The van der Waals surface area contributed by atoms with Crippen molar-refractivity contribution in [3.8, 4) is 12.1 Å². The number of hydrogen-bond donors (Lipinski definition) is 4. The second-order valence-electron chi connectivity index (χ2n) is 5.70. The molecular formula is C16H13F3N8O2S. The number of urea groups is 2. The van der Waals surface area contributed by atoms with E-state index >= 15 is 0 Å². The van der Waals surface area contributed by atoms with E-state index in [1.807, 2.05) is 0 Å². The second kappa shape index (κ2) is 8.34. The minimum absolute atomic E-state index is 0.301. The molecule has 0 spiro atoms. The number of hydrogen-bond acceptors (Lipinski definition) is 7. The molecule has 14 heteroatoms. The first-order valence-electron chi connectivity index (χ1n) is 7.76. The summed E-state index contributed by atoms with van der Waals surface area (Å²) in [5.74, 6) is 9.48. The third-order valence-electron chi connectivity index (χ3n) is 3.96. The summed E-state index contributed by atoms with van der Waals surface area (Å²) in [5.41, 5.74) is 7.65. The van der Waals surface area contributed by atoms with Crippen LogP contribution in [0.2, 0.25) is 0 Å². The minimum atomic E-state index is -4.85. The van der Waals surface area contributed by atoms with Gasteiger partial charge in [0.05, 0.1) is 34.8 Å². The number of thioether (sulfide) groups is 1. The average molecular weight is 438 g/mol. The molecule has 1 aromatic rings. The number of nitriles is 2. The highest BCUT2D eigenvalue weighted by Crippen LogP contribution is 2.49. The van der Waals surface area contributed by atoms with E-state index in [-0.39, 0.29) is 0 Å². The smallest absolute Gasteiger partial charge is 0.350 e. The number of rotatable bonds is 3. The average Bonchev–Trinajstić information content (AvgIpc) is 2.70. The van der Waals surface area contributed by atoms with Gasteiger partial charge in [-0.2, -0.15) is 23.7 Å². The first-order valence-corrected chi connectivity index (χ1v) is 8.58. The van der Waals surface area contributed by atoms with Crippen molar-refractivity contribution in [2.75, 3.05) is 0 Å². The monoisotopic (exact) mass is 438 g/mol. The largest absolute Gasteiger partial charge is 0.416 e. The van der Waals surface area contributed by atoms with Gasteiger partial charge in [0.25, 0.3) is 0 Å². The Kier molecular flexibility index (Phi) is 6.27. The summed E-state index contributed by atoms with van der Waals surface area (Å²) in [4.78, 5) is 23.1. The molecule has 1 aliphatic heterocycles. The third kappa shape index (κ3) is 4.01. The van der Waals surface area contributed by atoms with E-state index in [1.54, 1.807) is 12.1 Å². The standard InChI is InChI=1S/C16H13F3N8O2S/c17-16(18,19)10-4-2-1-3-7(10)11-8(5-20)12(26(24)14(22)28)30-13(9(11)6-21)27(25)15(23)29/h1-4,11H,24-25H2,(H2,22,28)(H2,23,29). The van der Waals surface area contributed by atoms with Crippen molar-refractivity contribution in [2.45, 2.75) is 12.1 Å². The zero-order valence-electron chi connectivity index (χ0n) is 14.8. The van der Waals surface area contributed by atoms with E-state index in [1.165, 1.54) is 6.07 Å². The molecule has 0 saturated heterocycles. The molecule has 1 heterocycles. The molecule has 4 amide bonds. The molecule has 0 radical (unpaired) electrons. The van der Waals surface area contributed by atoms with Crippen LogP contribution in [0, 0.1) is 22.7 Å². The van der Waals surface area contributed by atoms with Crippen molar-refractivity contribution >= 4 is 23.8 Å². The first-order chi connectivity index (χ1) is 13.9. The summed E-state index contributed by atoms with van der Waals surface area (Å²) in [6, 6.07) is 5.01. The zero-order valence-corrected chi connectivity index (χ0v) is 15.7. The molecule has 0 unspecified atom stereocenters. The number of nitrogens with two attached hydrogens (primary N) is 4. The Morgan fingerprint density at radius 2 is 1.40 bits per heavy atom. The van der Waals surface area contributed by atoms with Crippen LogP contribution < -0.4 is 23.2 Å². The zero-order chi connectivity index (χ0) is 22.8. The van der Waals surface area contributed by atoms with Crippen LogP contribution in [0.25, 0.3) is 0 Å². The number of nitrogens with zero attached hydrogens (tertiary/aromatic N) is 4. The molecule has 8 N–H and O–H groups in total. The van der Waals surface area contributed by atoms with Crippen LogP contribution in [0.4, 0.5) is 22.8 Å². The fourth-order valence-corrected chi connectivity index (χ4v) is 3.80. The van der Waals surface area contributed by atoms with Gasteiger partial charge in [-0.05, 0) is 23.4 Å². The van der Waals surface area contributed by atoms with Crippen LogP contribution in [0.5, 0.6) is 0 Å². The van der Waals surface area contributed by atoms with Crippen molar-refractivity contribution in [3.05, 3.63) is 56.6 Å². The number of halogens is 3. The van der Waals surface area contributed by atoms with Crippen LogP contribution in [-0.4, -0.2) is 22.1 Å². The maximum Gasteiger partial charge on any atom is 0.416 e. The predicted molar refractivity (Wildman–Crippen MR) is 98.3 cm³/mol. The SMILES string of the molecule is N#CC1=C(N(N)C(N)=O)SC(N(N)C(N)=O)=C(C#N)C1c1ccccc1C(F)(F)F. The van der Waals surface area contributed by atoms with Gasteiger partial charge in [-0.3, -0.25) is 0 Å². The van der Waals surface area contributed by atoms with E-state index in [9.17, 15) is 33.3 Å². The molecule has 0 bridgehead atoms. The van der Waals surface area contributed by atoms with E-state index in [2.05, 4.69) is 0 Å². The fraction of sp³-hybridized carbons (Fsp3) is 0.125. The van der Waals surface area contributed by atoms with Gasteiger partial charge < -0.3 is 11.5 Å². The topological polar surface area (TPSA) is 192 Å². The molecule has 0 aromatic heterocycles. The summed E-state index contributed by atoms with van der Waals surface area (Å²) in [6.45, 7) is 0. The van der Waals surface area contributed by atoms with Crippen molar-refractivity contribution in [1.82, 2.24) is 10.0 Å². The summed E-state index contributed by atoms with van der Waals surface area (Å²) in [7, 11) is 0. The Bertz CT molecular complexity index is 1000.